The second kappa shape index (κ2) is 7.84. The summed E-state index contributed by atoms with van der Waals surface area (Å²) >= 11 is 5.90. The largest absolute Gasteiger partial charge is 0.457 e. The normalized spacial score (nSPS) is 14.9. The molecule has 140 valence electrons. The average molecular weight is 385 g/mol. The van der Waals surface area contributed by atoms with E-state index in [4.69, 9.17) is 16.3 Å². The molecule has 1 aliphatic heterocycles. The highest BCUT2D eigenvalue weighted by Crippen LogP contribution is 2.34. The number of nitrogens with zero attached hydrogens (tertiary/aromatic N) is 2. The van der Waals surface area contributed by atoms with Gasteiger partial charge in [0.2, 0.25) is 5.91 Å². The number of amides is 1. The Kier molecular flexibility index (Phi) is 5.51. The predicted molar refractivity (Wildman–Crippen MR) is 107 cm³/mol. The molecule has 1 heterocycles. The Morgan fingerprint density at radius 3 is 2.48 bits per heavy atom. The van der Waals surface area contributed by atoms with Crippen molar-refractivity contribution >= 4 is 29.0 Å². The minimum atomic E-state index is -0.0968. The van der Waals surface area contributed by atoms with Crippen molar-refractivity contribution in [3.63, 3.8) is 0 Å². The lowest BCUT2D eigenvalue weighted by Gasteiger charge is -2.31. The molecule has 1 amide bonds. The molecule has 2 aromatic carbocycles. The summed E-state index contributed by atoms with van der Waals surface area (Å²) in [4.78, 5) is 28.8. The van der Waals surface area contributed by atoms with Crippen LogP contribution in [0.25, 0.3) is 0 Å². The molecule has 27 heavy (non-hydrogen) atoms. The molecule has 1 aliphatic rings. The van der Waals surface area contributed by atoms with E-state index in [0.717, 1.165) is 0 Å². The number of ketones is 1. The Labute approximate surface area is 163 Å². The number of anilines is 1. The first kappa shape index (κ1) is 19.0. The standard InChI is InChI=1S/C21H21ClN2O3/c1-4-20(25)24-13-14(12-23(2)3)21(26)18-11-17(9-10-19(18)24)27-16-7-5-15(22)6-8-16/h5-12H,4,13H2,1-3H3. The maximum atomic E-state index is 13.0. The van der Waals surface area contributed by atoms with Crippen LogP contribution in [0.15, 0.2) is 54.2 Å². The van der Waals surface area contributed by atoms with E-state index in [0.29, 0.717) is 39.8 Å². The highest BCUT2D eigenvalue weighted by Gasteiger charge is 2.30. The zero-order chi connectivity index (χ0) is 19.6. The third-order valence-corrected chi connectivity index (χ3v) is 4.44. The number of hydrogen-bond acceptors (Lipinski definition) is 4. The summed E-state index contributed by atoms with van der Waals surface area (Å²) in [5.74, 6) is 1.02. The summed E-state index contributed by atoms with van der Waals surface area (Å²) in [5.41, 5.74) is 1.65. The fourth-order valence-corrected chi connectivity index (χ4v) is 3.09. The van der Waals surface area contributed by atoms with Crippen LogP contribution < -0.4 is 9.64 Å². The number of Topliss-reactive ketones (excluding diaryl/α,β-unsaturated/α-hetero) is 1. The molecule has 0 unspecified atom stereocenters. The summed E-state index contributed by atoms with van der Waals surface area (Å²) < 4.78 is 5.84. The number of hydrogen-bond donors (Lipinski definition) is 0. The van der Waals surface area contributed by atoms with Crippen LogP contribution in [0.4, 0.5) is 5.69 Å². The molecule has 0 aromatic heterocycles. The summed E-state index contributed by atoms with van der Waals surface area (Å²) in [6, 6.07) is 12.2. The summed E-state index contributed by atoms with van der Waals surface area (Å²) in [7, 11) is 3.70. The van der Waals surface area contributed by atoms with Gasteiger partial charge in [-0.2, -0.15) is 0 Å². The molecule has 0 fully saturated rings. The number of fused-ring (bicyclic) bond motifs is 1. The number of rotatable bonds is 4. The molecule has 0 saturated carbocycles. The fourth-order valence-electron chi connectivity index (χ4n) is 2.96. The van der Waals surface area contributed by atoms with Crippen LogP contribution in [0.1, 0.15) is 23.7 Å². The Morgan fingerprint density at radius 1 is 1.19 bits per heavy atom. The Hall–Kier alpha value is -2.79. The van der Waals surface area contributed by atoms with Crippen LogP contribution >= 0.6 is 11.6 Å². The van der Waals surface area contributed by atoms with Gasteiger partial charge in [-0.05, 0) is 42.5 Å². The Bertz CT molecular complexity index is 904. The summed E-state index contributed by atoms with van der Waals surface area (Å²) in [6.45, 7) is 2.08. The maximum Gasteiger partial charge on any atom is 0.227 e. The summed E-state index contributed by atoms with van der Waals surface area (Å²) in [6.07, 6.45) is 2.12. The van der Waals surface area contributed by atoms with Crippen molar-refractivity contribution in [2.24, 2.45) is 0 Å². The van der Waals surface area contributed by atoms with Crippen molar-refractivity contribution in [3.05, 3.63) is 64.8 Å². The first-order valence-corrected chi connectivity index (χ1v) is 9.06. The highest BCUT2D eigenvalue weighted by molar-refractivity contribution is 6.30. The van der Waals surface area contributed by atoms with Gasteiger partial charge in [0.05, 0.1) is 12.2 Å². The maximum absolute atomic E-state index is 13.0. The Morgan fingerprint density at radius 2 is 1.85 bits per heavy atom. The minimum absolute atomic E-state index is 0.0280. The van der Waals surface area contributed by atoms with Gasteiger partial charge in [-0.25, -0.2) is 0 Å². The summed E-state index contributed by atoms with van der Waals surface area (Å²) in [5, 5.41) is 0.621. The van der Waals surface area contributed by atoms with Crippen molar-refractivity contribution in [1.82, 2.24) is 4.90 Å². The minimum Gasteiger partial charge on any atom is -0.457 e. The molecule has 5 nitrogen and oxygen atoms in total. The molecule has 0 atom stereocenters. The van der Waals surface area contributed by atoms with Crippen LogP contribution in [0.2, 0.25) is 5.02 Å². The van der Waals surface area contributed by atoms with E-state index in [1.54, 1.807) is 58.5 Å². The Balaban J connectivity index is 2.00. The number of carbonyl (C=O) groups is 2. The van der Waals surface area contributed by atoms with Crippen molar-refractivity contribution in [1.29, 1.82) is 0 Å². The molecule has 0 N–H and O–H groups in total. The monoisotopic (exact) mass is 384 g/mol. The lowest BCUT2D eigenvalue weighted by Crippen LogP contribution is -2.39. The first-order valence-electron chi connectivity index (χ1n) is 8.68. The van der Waals surface area contributed by atoms with Gasteiger partial charge in [0.15, 0.2) is 5.78 Å². The molecule has 0 radical (unpaired) electrons. The van der Waals surface area contributed by atoms with Gasteiger partial charge in [-0.1, -0.05) is 18.5 Å². The van der Waals surface area contributed by atoms with Crippen molar-refractivity contribution in [3.8, 4) is 11.5 Å². The van der Waals surface area contributed by atoms with Gasteiger partial charge < -0.3 is 14.5 Å². The average Bonchev–Trinajstić information content (AvgIpc) is 2.65. The van der Waals surface area contributed by atoms with Gasteiger partial charge in [-0.3, -0.25) is 9.59 Å². The quantitative estimate of drug-likeness (QED) is 0.727. The van der Waals surface area contributed by atoms with E-state index in [9.17, 15) is 9.59 Å². The number of benzene rings is 2. The molecular formula is C21H21ClN2O3. The lowest BCUT2D eigenvalue weighted by molar-refractivity contribution is -0.118. The van der Waals surface area contributed by atoms with Crippen molar-refractivity contribution in [2.45, 2.75) is 13.3 Å². The van der Waals surface area contributed by atoms with Gasteiger partial charge in [0.1, 0.15) is 11.5 Å². The molecule has 0 spiro atoms. The number of halogens is 1. The van der Waals surface area contributed by atoms with Gasteiger partial charge in [0.25, 0.3) is 0 Å². The van der Waals surface area contributed by atoms with E-state index in [2.05, 4.69) is 0 Å². The van der Waals surface area contributed by atoms with E-state index in [1.165, 1.54) is 0 Å². The van der Waals surface area contributed by atoms with E-state index < -0.39 is 0 Å². The number of ether oxygens (including phenoxy) is 1. The van der Waals surface area contributed by atoms with Crippen LogP contribution in [-0.2, 0) is 4.79 Å². The van der Waals surface area contributed by atoms with Gasteiger partial charge in [0, 0.05) is 42.9 Å². The van der Waals surface area contributed by atoms with Crippen LogP contribution in [0.3, 0.4) is 0 Å². The zero-order valence-corrected chi connectivity index (χ0v) is 16.3. The third-order valence-electron chi connectivity index (χ3n) is 4.19. The van der Waals surface area contributed by atoms with Crippen LogP contribution in [0.5, 0.6) is 11.5 Å². The molecule has 6 heteroatoms. The predicted octanol–water partition coefficient (Wildman–Crippen LogP) is 4.52. The van der Waals surface area contributed by atoms with Crippen molar-refractivity contribution < 1.29 is 14.3 Å². The zero-order valence-electron chi connectivity index (χ0n) is 15.5. The number of carbonyl (C=O) groups excluding carboxylic acids is 2. The first-order chi connectivity index (χ1) is 12.9. The second-order valence-corrected chi connectivity index (χ2v) is 6.95. The van der Waals surface area contributed by atoms with Crippen molar-refractivity contribution in [2.75, 3.05) is 25.5 Å². The third kappa shape index (κ3) is 4.14. The van der Waals surface area contributed by atoms with Crippen LogP contribution in [0, 0.1) is 0 Å². The molecule has 0 bridgehead atoms. The lowest BCUT2D eigenvalue weighted by atomic mass is 9.95. The van der Waals surface area contributed by atoms with Crippen LogP contribution in [-0.4, -0.2) is 37.2 Å². The van der Waals surface area contributed by atoms with E-state index >= 15 is 0 Å². The molecule has 0 aliphatic carbocycles. The SMILES string of the molecule is CCC(=O)N1CC(=CN(C)C)C(=O)c2cc(Oc3ccc(Cl)cc3)ccc21. The molecule has 2 aromatic rings. The second-order valence-electron chi connectivity index (χ2n) is 6.52. The highest BCUT2D eigenvalue weighted by atomic mass is 35.5. The van der Waals surface area contributed by atoms with E-state index in [-0.39, 0.29) is 18.2 Å². The van der Waals surface area contributed by atoms with E-state index in [1.807, 2.05) is 21.0 Å². The molecular weight excluding hydrogens is 364 g/mol. The smallest absolute Gasteiger partial charge is 0.227 e. The van der Waals surface area contributed by atoms with Gasteiger partial charge in [-0.15, -0.1) is 0 Å². The fraction of sp³-hybridized carbons (Fsp3) is 0.238. The topological polar surface area (TPSA) is 49.9 Å². The van der Waals surface area contributed by atoms with Gasteiger partial charge >= 0.3 is 0 Å². The molecule has 3 rings (SSSR count). The molecule has 0 saturated heterocycles.